The highest BCUT2D eigenvalue weighted by Crippen LogP contribution is 2.26. The summed E-state index contributed by atoms with van der Waals surface area (Å²) in [6.07, 6.45) is 1.39. The van der Waals surface area contributed by atoms with Crippen molar-refractivity contribution in [3.63, 3.8) is 0 Å². The van der Waals surface area contributed by atoms with Crippen molar-refractivity contribution in [2.45, 2.75) is 26.3 Å². The van der Waals surface area contributed by atoms with Crippen LogP contribution in [0.2, 0.25) is 5.02 Å². The Morgan fingerprint density at radius 2 is 1.93 bits per heavy atom. The van der Waals surface area contributed by atoms with E-state index in [1.807, 2.05) is 36.1 Å². The highest BCUT2D eigenvalue weighted by molar-refractivity contribution is 6.30. The summed E-state index contributed by atoms with van der Waals surface area (Å²) in [5.74, 6) is -0.0777. The molecule has 2 heterocycles. The molecule has 2 aromatic carbocycles. The summed E-state index contributed by atoms with van der Waals surface area (Å²) in [5, 5.41) is 11.3. The molecule has 0 radical (unpaired) electrons. The number of piperidine rings is 1. The molecule has 1 amide bonds. The summed E-state index contributed by atoms with van der Waals surface area (Å²) in [6.45, 7) is 3.67. The van der Waals surface area contributed by atoms with Crippen LogP contribution in [0.25, 0.3) is 11.5 Å². The molecule has 6 nitrogen and oxygen atoms in total. The zero-order valence-corrected chi connectivity index (χ0v) is 17.3. The first kappa shape index (κ1) is 20.3. The Hall–Kier alpha value is -2.93. The summed E-state index contributed by atoms with van der Waals surface area (Å²) < 4.78 is 19.1. The van der Waals surface area contributed by atoms with Crippen LogP contribution in [0.1, 0.15) is 24.0 Å². The molecule has 0 saturated carbocycles. The van der Waals surface area contributed by atoms with Gasteiger partial charge in [0.05, 0.1) is 5.02 Å². The molecule has 0 bridgehead atoms. The van der Waals surface area contributed by atoms with Crippen molar-refractivity contribution in [3.8, 4) is 11.5 Å². The number of benzene rings is 2. The summed E-state index contributed by atoms with van der Waals surface area (Å²) in [4.78, 5) is 14.5. The summed E-state index contributed by atoms with van der Waals surface area (Å²) in [7, 11) is 0. The van der Waals surface area contributed by atoms with Gasteiger partial charge in [-0.25, -0.2) is 4.39 Å². The number of carbonyl (C=O) groups excluding carboxylic acids is 1. The van der Waals surface area contributed by atoms with E-state index in [1.165, 1.54) is 17.7 Å². The molecule has 1 aliphatic heterocycles. The fraction of sp³-hybridized carbons (Fsp3) is 0.318. The number of nitrogens with zero attached hydrogens (tertiary/aromatic N) is 3. The second kappa shape index (κ2) is 8.83. The minimum Gasteiger partial charge on any atom is -0.403 e. The Balaban J connectivity index is 1.29. The molecule has 156 valence electrons. The van der Waals surface area contributed by atoms with Gasteiger partial charge in [-0.05, 0) is 49.6 Å². The Labute approximate surface area is 179 Å². The first-order chi connectivity index (χ1) is 14.5. The van der Waals surface area contributed by atoms with Gasteiger partial charge < -0.3 is 14.6 Å². The number of amides is 1. The fourth-order valence-electron chi connectivity index (χ4n) is 3.47. The number of hydrogen-bond acceptors (Lipinski definition) is 5. The Bertz CT molecular complexity index is 1030. The van der Waals surface area contributed by atoms with E-state index in [2.05, 4.69) is 15.5 Å². The van der Waals surface area contributed by atoms with Crippen molar-refractivity contribution in [2.24, 2.45) is 5.92 Å². The van der Waals surface area contributed by atoms with E-state index in [-0.39, 0.29) is 16.8 Å². The van der Waals surface area contributed by atoms with Gasteiger partial charge in [0.15, 0.2) is 0 Å². The lowest BCUT2D eigenvalue weighted by Crippen LogP contribution is -2.40. The zero-order chi connectivity index (χ0) is 21.1. The molecule has 1 N–H and O–H groups in total. The van der Waals surface area contributed by atoms with Gasteiger partial charge in [0, 0.05) is 31.1 Å². The molecule has 8 heteroatoms. The number of halogens is 2. The number of carbonyl (C=O) groups is 1. The third-order valence-electron chi connectivity index (χ3n) is 5.30. The number of aromatic nitrogens is 2. The molecule has 0 spiro atoms. The van der Waals surface area contributed by atoms with Crippen LogP contribution in [0.3, 0.4) is 0 Å². The third-order valence-corrected chi connectivity index (χ3v) is 5.59. The van der Waals surface area contributed by atoms with Gasteiger partial charge in [-0.3, -0.25) is 4.79 Å². The van der Waals surface area contributed by atoms with Crippen LogP contribution < -0.4 is 10.2 Å². The second-order valence-corrected chi connectivity index (χ2v) is 7.89. The molecule has 1 saturated heterocycles. The molecule has 1 aromatic heterocycles. The van der Waals surface area contributed by atoms with Crippen molar-refractivity contribution in [1.29, 1.82) is 0 Å². The smallest absolute Gasteiger partial charge is 0.318 e. The monoisotopic (exact) mass is 428 g/mol. The van der Waals surface area contributed by atoms with E-state index in [0.29, 0.717) is 44.4 Å². The SMILES string of the molecule is Cc1ccc(-c2nnc(N3CCC(C(=O)NCc4ccc(F)c(Cl)c4)CC3)o2)cc1. The minimum absolute atomic E-state index is 0.0130. The normalized spacial score (nSPS) is 14.7. The lowest BCUT2D eigenvalue weighted by atomic mass is 9.96. The molecule has 0 unspecified atom stereocenters. The van der Waals surface area contributed by atoms with Crippen LogP contribution in [0.15, 0.2) is 46.9 Å². The van der Waals surface area contributed by atoms with Gasteiger partial charge in [-0.1, -0.05) is 40.5 Å². The largest absolute Gasteiger partial charge is 0.403 e. The van der Waals surface area contributed by atoms with E-state index in [9.17, 15) is 9.18 Å². The molecule has 0 atom stereocenters. The van der Waals surface area contributed by atoms with Gasteiger partial charge in [0.2, 0.25) is 11.8 Å². The topological polar surface area (TPSA) is 71.3 Å². The van der Waals surface area contributed by atoms with Gasteiger partial charge in [0.25, 0.3) is 0 Å². The van der Waals surface area contributed by atoms with Crippen LogP contribution >= 0.6 is 11.6 Å². The average molecular weight is 429 g/mol. The number of nitrogens with one attached hydrogen (secondary N) is 1. The molecular formula is C22H22ClFN4O2. The highest BCUT2D eigenvalue weighted by atomic mass is 35.5. The number of hydrogen-bond donors (Lipinski definition) is 1. The standard InChI is InChI=1S/C22H22ClFN4O2/c1-14-2-5-17(6-3-14)21-26-27-22(30-21)28-10-8-16(9-11-28)20(29)25-13-15-4-7-19(24)18(23)12-15/h2-7,12,16H,8-11,13H2,1H3,(H,25,29). The van der Waals surface area contributed by atoms with Gasteiger partial charge >= 0.3 is 6.01 Å². The summed E-state index contributed by atoms with van der Waals surface area (Å²) in [5.41, 5.74) is 2.82. The summed E-state index contributed by atoms with van der Waals surface area (Å²) >= 11 is 5.79. The third kappa shape index (κ3) is 4.62. The average Bonchev–Trinajstić information content (AvgIpc) is 3.25. The van der Waals surface area contributed by atoms with Crippen molar-refractivity contribution in [3.05, 3.63) is 64.4 Å². The van der Waals surface area contributed by atoms with Crippen LogP contribution in [-0.2, 0) is 11.3 Å². The summed E-state index contributed by atoms with van der Waals surface area (Å²) in [6, 6.07) is 12.8. The Kier molecular flexibility index (Phi) is 5.99. The van der Waals surface area contributed by atoms with E-state index >= 15 is 0 Å². The fourth-order valence-corrected chi connectivity index (χ4v) is 3.68. The molecule has 1 fully saturated rings. The van der Waals surface area contributed by atoms with Gasteiger partial charge in [-0.15, -0.1) is 5.10 Å². The first-order valence-electron chi connectivity index (χ1n) is 9.87. The van der Waals surface area contributed by atoms with Crippen LogP contribution in [0.5, 0.6) is 0 Å². The Morgan fingerprint density at radius 1 is 1.20 bits per heavy atom. The van der Waals surface area contributed by atoms with Crippen molar-refractivity contribution in [2.75, 3.05) is 18.0 Å². The van der Waals surface area contributed by atoms with Crippen LogP contribution in [-0.4, -0.2) is 29.2 Å². The second-order valence-electron chi connectivity index (χ2n) is 7.48. The maximum atomic E-state index is 13.2. The molecule has 0 aliphatic carbocycles. The lowest BCUT2D eigenvalue weighted by Gasteiger charge is -2.29. The van der Waals surface area contributed by atoms with Crippen molar-refractivity contribution in [1.82, 2.24) is 15.5 Å². The van der Waals surface area contributed by atoms with Gasteiger partial charge in [0.1, 0.15) is 5.82 Å². The van der Waals surface area contributed by atoms with E-state index in [1.54, 1.807) is 6.07 Å². The molecule has 4 rings (SSSR count). The predicted molar refractivity (Wildman–Crippen MR) is 113 cm³/mol. The first-order valence-corrected chi connectivity index (χ1v) is 10.2. The molecular weight excluding hydrogens is 407 g/mol. The molecule has 30 heavy (non-hydrogen) atoms. The quantitative estimate of drug-likeness (QED) is 0.653. The predicted octanol–water partition coefficient (Wildman–Crippen LogP) is 4.37. The van der Waals surface area contributed by atoms with Crippen molar-refractivity contribution < 1.29 is 13.6 Å². The number of rotatable bonds is 5. The van der Waals surface area contributed by atoms with E-state index in [4.69, 9.17) is 16.0 Å². The number of aryl methyl sites for hydroxylation is 1. The minimum atomic E-state index is -0.467. The van der Waals surface area contributed by atoms with Crippen LogP contribution in [0.4, 0.5) is 10.4 Å². The lowest BCUT2D eigenvalue weighted by molar-refractivity contribution is -0.125. The van der Waals surface area contributed by atoms with E-state index in [0.717, 1.165) is 11.1 Å². The maximum Gasteiger partial charge on any atom is 0.318 e. The number of anilines is 1. The zero-order valence-electron chi connectivity index (χ0n) is 16.6. The highest BCUT2D eigenvalue weighted by Gasteiger charge is 2.27. The molecule has 3 aromatic rings. The van der Waals surface area contributed by atoms with Crippen LogP contribution in [0, 0.1) is 18.7 Å². The van der Waals surface area contributed by atoms with Gasteiger partial charge in [-0.2, -0.15) is 0 Å². The maximum absolute atomic E-state index is 13.2. The van der Waals surface area contributed by atoms with E-state index < -0.39 is 5.82 Å². The molecule has 1 aliphatic rings. The van der Waals surface area contributed by atoms with Crippen molar-refractivity contribution >= 4 is 23.5 Å². The Morgan fingerprint density at radius 3 is 2.63 bits per heavy atom.